The standard InChI is InChI=1S/C16H9BrFNOS2/c17-11-6-2-1-5-10(11)9-14-15(20)19(16(21)22-14)13-8-4-3-7-12(13)18/h1-9H/b14-9+. The van der Waals surface area contributed by atoms with Gasteiger partial charge in [0, 0.05) is 4.47 Å². The smallest absolute Gasteiger partial charge is 0.268 e. The molecule has 1 saturated heterocycles. The molecule has 0 atom stereocenters. The van der Waals surface area contributed by atoms with E-state index in [0.29, 0.717) is 9.23 Å². The first-order valence-corrected chi connectivity index (χ1v) is 8.37. The second-order valence-corrected chi connectivity index (χ2v) is 7.02. The number of nitrogens with zero attached hydrogens (tertiary/aromatic N) is 1. The molecule has 1 heterocycles. The number of anilines is 1. The summed E-state index contributed by atoms with van der Waals surface area (Å²) in [6.45, 7) is 0. The normalized spacial score (nSPS) is 16.6. The number of amides is 1. The summed E-state index contributed by atoms with van der Waals surface area (Å²) < 4.78 is 15.1. The first-order chi connectivity index (χ1) is 10.6. The SMILES string of the molecule is O=C1/C(=C\c2ccccc2Br)SC(=S)N1c1ccccc1F. The molecular formula is C16H9BrFNOS2. The van der Waals surface area contributed by atoms with Crippen LogP contribution in [-0.4, -0.2) is 10.2 Å². The van der Waals surface area contributed by atoms with Gasteiger partial charge in [0.2, 0.25) is 0 Å². The van der Waals surface area contributed by atoms with E-state index in [1.54, 1.807) is 24.3 Å². The van der Waals surface area contributed by atoms with E-state index in [1.807, 2.05) is 24.3 Å². The highest BCUT2D eigenvalue weighted by Gasteiger charge is 2.34. The number of rotatable bonds is 2. The summed E-state index contributed by atoms with van der Waals surface area (Å²) in [5.74, 6) is -0.781. The molecule has 0 bridgehead atoms. The van der Waals surface area contributed by atoms with Gasteiger partial charge in [-0.05, 0) is 29.8 Å². The maximum atomic E-state index is 13.9. The topological polar surface area (TPSA) is 20.3 Å². The molecule has 110 valence electrons. The number of carbonyl (C=O) groups is 1. The van der Waals surface area contributed by atoms with Gasteiger partial charge in [0.25, 0.3) is 5.91 Å². The minimum absolute atomic E-state index is 0.181. The van der Waals surface area contributed by atoms with Crippen molar-refractivity contribution in [1.82, 2.24) is 0 Å². The number of hydrogen-bond donors (Lipinski definition) is 0. The van der Waals surface area contributed by atoms with Crippen LogP contribution in [-0.2, 0) is 4.79 Å². The van der Waals surface area contributed by atoms with Crippen LogP contribution >= 0.6 is 39.9 Å². The van der Waals surface area contributed by atoms with Gasteiger partial charge in [-0.25, -0.2) is 4.39 Å². The van der Waals surface area contributed by atoms with Crippen molar-refractivity contribution in [2.75, 3.05) is 4.90 Å². The van der Waals surface area contributed by atoms with Crippen molar-refractivity contribution in [2.24, 2.45) is 0 Å². The molecular weight excluding hydrogens is 385 g/mol. The third-order valence-corrected chi connectivity index (χ3v) is 5.10. The highest BCUT2D eigenvalue weighted by atomic mass is 79.9. The van der Waals surface area contributed by atoms with Crippen LogP contribution in [0.3, 0.4) is 0 Å². The van der Waals surface area contributed by atoms with Crippen LogP contribution in [0.25, 0.3) is 6.08 Å². The van der Waals surface area contributed by atoms with Crippen molar-refractivity contribution in [3.8, 4) is 0 Å². The van der Waals surface area contributed by atoms with E-state index in [-0.39, 0.29) is 11.6 Å². The average Bonchev–Trinajstić information content (AvgIpc) is 2.77. The van der Waals surface area contributed by atoms with E-state index >= 15 is 0 Å². The average molecular weight is 394 g/mol. The van der Waals surface area contributed by atoms with Crippen LogP contribution in [0.5, 0.6) is 0 Å². The Hall–Kier alpha value is -1.50. The Morgan fingerprint density at radius 1 is 1.14 bits per heavy atom. The molecule has 1 fully saturated rings. The Labute approximate surface area is 145 Å². The van der Waals surface area contributed by atoms with E-state index in [1.165, 1.54) is 22.7 Å². The maximum absolute atomic E-state index is 13.9. The third kappa shape index (κ3) is 2.86. The Kier molecular flexibility index (Phi) is 4.42. The minimum atomic E-state index is -0.471. The summed E-state index contributed by atoms with van der Waals surface area (Å²) in [5.41, 5.74) is 1.05. The first-order valence-electron chi connectivity index (χ1n) is 6.35. The molecule has 1 aliphatic rings. The predicted molar refractivity (Wildman–Crippen MR) is 96.2 cm³/mol. The lowest BCUT2D eigenvalue weighted by atomic mass is 10.2. The molecule has 6 heteroatoms. The Balaban J connectivity index is 1.99. The predicted octanol–water partition coefficient (Wildman–Crippen LogP) is 4.99. The number of para-hydroxylation sites is 1. The molecule has 2 aromatic carbocycles. The fourth-order valence-corrected chi connectivity index (χ4v) is 3.72. The second-order valence-electron chi connectivity index (χ2n) is 4.49. The third-order valence-electron chi connectivity index (χ3n) is 3.08. The van der Waals surface area contributed by atoms with Crippen molar-refractivity contribution >= 4 is 61.9 Å². The van der Waals surface area contributed by atoms with E-state index in [0.717, 1.165) is 10.0 Å². The van der Waals surface area contributed by atoms with Crippen LogP contribution in [0.1, 0.15) is 5.56 Å². The fraction of sp³-hybridized carbons (Fsp3) is 0. The molecule has 0 N–H and O–H groups in total. The van der Waals surface area contributed by atoms with Gasteiger partial charge in [-0.15, -0.1) is 0 Å². The molecule has 0 radical (unpaired) electrons. The molecule has 1 amide bonds. The maximum Gasteiger partial charge on any atom is 0.270 e. The Morgan fingerprint density at radius 2 is 1.82 bits per heavy atom. The highest BCUT2D eigenvalue weighted by Crippen LogP contribution is 2.37. The van der Waals surface area contributed by atoms with E-state index in [2.05, 4.69) is 15.9 Å². The summed E-state index contributed by atoms with van der Waals surface area (Å²) in [7, 11) is 0. The van der Waals surface area contributed by atoms with Crippen LogP contribution < -0.4 is 4.90 Å². The van der Waals surface area contributed by atoms with Gasteiger partial charge in [0.05, 0.1) is 10.6 Å². The van der Waals surface area contributed by atoms with E-state index in [4.69, 9.17) is 12.2 Å². The lowest BCUT2D eigenvalue weighted by Crippen LogP contribution is -2.28. The van der Waals surface area contributed by atoms with Gasteiger partial charge in [-0.2, -0.15) is 0 Å². The molecule has 0 unspecified atom stereocenters. The van der Waals surface area contributed by atoms with E-state index < -0.39 is 5.82 Å². The number of benzene rings is 2. The van der Waals surface area contributed by atoms with Gasteiger partial charge < -0.3 is 0 Å². The zero-order valence-electron chi connectivity index (χ0n) is 11.1. The lowest BCUT2D eigenvalue weighted by Gasteiger charge is -2.14. The Morgan fingerprint density at radius 3 is 2.55 bits per heavy atom. The number of carbonyl (C=O) groups excluding carboxylic acids is 1. The zero-order valence-corrected chi connectivity index (χ0v) is 14.3. The fourth-order valence-electron chi connectivity index (χ4n) is 2.04. The monoisotopic (exact) mass is 393 g/mol. The number of halogens is 2. The van der Waals surface area contributed by atoms with Gasteiger partial charge in [-0.1, -0.05) is 70.2 Å². The van der Waals surface area contributed by atoms with Crippen molar-refractivity contribution in [1.29, 1.82) is 0 Å². The van der Waals surface area contributed by atoms with Crippen LogP contribution in [0.15, 0.2) is 57.9 Å². The highest BCUT2D eigenvalue weighted by molar-refractivity contribution is 9.10. The van der Waals surface area contributed by atoms with Crippen molar-refractivity contribution in [3.63, 3.8) is 0 Å². The van der Waals surface area contributed by atoms with Crippen molar-refractivity contribution in [2.45, 2.75) is 0 Å². The molecule has 1 aliphatic heterocycles. The zero-order chi connectivity index (χ0) is 15.7. The Bertz CT molecular complexity index is 806. The van der Waals surface area contributed by atoms with Crippen LogP contribution in [0.4, 0.5) is 10.1 Å². The van der Waals surface area contributed by atoms with Crippen LogP contribution in [0, 0.1) is 5.82 Å². The lowest BCUT2D eigenvalue weighted by molar-refractivity contribution is -0.113. The second kappa shape index (κ2) is 6.32. The van der Waals surface area contributed by atoms with Gasteiger partial charge >= 0.3 is 0 Å². The summed E-state index contributed by atoms with van der Waals surface area (Å²) in [6.07, 6.45) is 1.75. The largest absolute Gasteiger partial charge is 0.270 e. The molecule has 22 heavy (non-hydrogen) atoms. The van der Waals surface area contributed by atoms with Crippen LogP contribution in [0.2, 0.25) is 0 Å². The quantitative estimate of drug-likeness (QED) is 0.529. The molecule has 0 aromatic heterocycles. The van der Waals surface area contributed by atoms with Gasteiger partial charge in [0.1, 0.15) is 5.82 Å². The minimum Gasteiger partial charge on any atom is -0.268 e. The van der Waals surface area contributed by atoms with Crippen molar-refractivity contribution in [3.05, 3.63) is 69.3 Å². The number of hydrogen-bond acceptors (Lipinski definition) is 3. The first kappa shape index (κ1) is 15.4. The molecule has 3 rings (SSSR count). The summed E-state index contributed by atoms with van der Waals surface area (Å²) in [4.78, 5) is 14.3. The number of thioether (sulfide) groups is 1. The summed E-state index contributed by atoms with van der Waals surface area (Å²) in [6, 6.07) is 13.7. The molecule has 0 spiro atoms. The summed E-state index contributed by atoms with van der Waals surface area (Å²) >= 11 is 9.84. The molecule has 2 aromatic rings. The molecule has 2 nitrogen and oxygen atoms in total. The molecule has 0 aliphatic carbocycles. The summed E-state index contributed by atoms with van der Waals surface area (Å²) in [5, 5.41) is 0. The van der Waals surface area contributed by atoms with Gasteiger partial charge in [0.15, 0.2) is 4.32 Å². The molecule has 0 saturated carbocycles. The van der Waals surface area contributed by atoms with E-state index in [9.17, 15) is 9.18 Å². The van der Waals surface area contributed by atoms with Crippen molar-refractivity contribution < 1.29 is 9.18 Å². The van der Waals surface area contributed by atoms with Gasteiger partial charge in [-0.3, -0.25) is 9.69 Å². The number of thiocarbonyl (C=S) groups is 1.